The predicted octanol–water partition coefficient (Wildman–Crippen LogP) is 10.5. The van der Waals surface area contributed by atoms with Gasteiger partial charge in [0.1, 0.15) is 0 Å². The van der Waals surface area contributed by atoms with Crippen LogP contribution in [0.5, 0.6) is 0 Å². The second-order valence-electron chi connectivity index (χ2n) is 14.9. The zero-order chi connectivity index (χ0) is 29.2. The van der Waals surface area contributed by atoms with E-state index in [-0.39, 0.29) is 10.8 Å². The van der Waals surface area contributed by atoms with Crippen molar-refractivity contribution < 1.29 is 24.2 Å². The summed E-state index contributed by atoms with van der Waals surface area (Å²) in [4.78, 5) is 0. The van der Waals surface area contributed by atoms with Crippen LogP contribution in [0.4, 0.5) is 0 Å². The molecule has 2 aromatic rings. The minimum atomic E-state index is -1.07. The molecule has 0 N–H and O–H groups in total. The summed E-state index contributed by atoms with van der Waals surface area (Å²) in [7, 11) is -1.07. The number of allylic oxidation sites excluding steroid dienone is 4. The van der Waals surface area contributed by atoms with Crippen LogP contribution in [0.1, 0.15) is 110 Å². The molecule has 0 aliphatic heterocycles. The van der Waals surface area contributed by atoms with Gasteiger partial charge in [0.2, 0.25) is 0 Å². The van der Waals surface area contributed by atoms with Gasteiger partial charge in [-0.15, -0.1) is 5.56 Å². The van der Waals surface area contributed by atoms with E-state index in [4.69, 9.17) is 0 Å². The summed E-state index contributed by atoms with van der Waals surface area (Å²) < 4.78 is 1.80. The molecule has 208 valence electrons. The average molecular weight is 616 g/mol. The number of benzene rings is 2. The van der Waals surface area contributed by atoms with E-state index >= 15 is 0 Å². The molecule has 2 heteroatoms. The molecular formula is C37H52SiZr. The Morgan fingerprint density at radius 3 is 1.87 bits per heavy atom. The third-order valence-electron chi connectivity index (χ3n) is 8.06. The number of rotatable bonds is 1. The topological polar surface area (TPSA) is 0 Å². The van der Waals surface area contributed by atoms with Crippen molar-refractivity contribution >= 4 is 11.3 Å². The molecule has 0 aromatic heterocycles. The normalized spacial score (nSPS) is 18.7. The summed E-state index contributed by atoms with van der Waals surface area (Å²) in [6.45, 7) is 25.2. The summed E-state index contributed by atoms with van der Waals surface area (Å²) in [5.74, 6) is 0.553. The molecule has 1 atom stereocenters. The van der Waals surface area contributed by atoms with E-state index < -0.39 is 8.07 Å². The third-order valence-corrected chi connectivity index (χ3v) is 11.4. The molecule has 5 rings (SSSR count). The van der Waals surface area contributed by atoms with Crippen LogP contribution in [-0.4, -0.2) is 11.3 Å². The van der Waals surface area contributed by atoms with Crippen molar-refractivity contribution in [2.24, 2.45) is 5.92 Å². The summed E-state index contributed by atoms with van der Waals surface area (Å²) in [6.07, 6.45) is 14.2. The Morgan fingerprint density at radius 1 is 0.846 bits per heavy atom. The average Bonchev–Trinajstić information content (AvgIpc) is 3.37. The standard InChI is InChI=1S/C21H25.C10H17Si.C6H10.Zr/c1-20(2,3)16-9-7-14-11-15-8-10-17(21(4,5)6)13-19(15)18(14)12-16;1-8-6-9(2)10(7-8)11(3,4)5;1-2-4-6-5-3-1;/h7,9-10,12-13H,11H2,1-6H3;7-8H,1-5H3;1-5H2;/q2*-1;;+2. The van der Waals surface area contributed by atoms with Gasteiger partial charge in [-0.3, -0.25) is 6.08 Å². The van der Waals surface area contributed by atoms with Crippen LogP contribution in [0, 0.1) is 18.1 Å². The van der Waals surface area contributed by atoms with Gasteiger partial charge in [0.05, 0.1) is 0 Å². The van der Waals surface area contributed by atoms with Crippen LogP contribution in [0.25, 0.3) is 11.1 Å². The van der Waals surface area contributed by atoms with Gasteiger partial charge in [0, 0.05) is 0 Å². The molecule has 0 amide bonds. The maximum atomic E-state index is 3.53. The fourth-order valence-electron chi connectivity index (χ4n) is 5.61. The summed E-state index contributed by atoms with van der Waals surface area (Å²) in [5, 5.41) is 1.60. The van der Waals surface area contributed by atoms with Crippen molar-refractivity contribution in [3.63, 3.8) is 0 Å². The molecule has 1 unspecified atom stereocenters. The SMILES string of the molecule is CC(C)(C)c1c[c-]c2c(c1)-c1cc(C(C)(C)C)ccc1C2.CC1=[C-]C(C)C=C1[Si](C)(C)C.[Zr+2]=[C]1CCCCC1. The van der Waals surface area contributed by atoms with E-state index in [1.165, 1.54) is 71.1 Å². The monoisotopic (exact) mass is 614 g/mol. The maximum absolute atomic E-state index is 3.53. The van der Waals surface area contributed by atoms with Crippen LogP contribution in [-0.2, 0) is 41.5 Å². The Morgan fingerprint density at radius 2 is 1.44 bits per heavy atom. The Kier molecular flexibility index (Phi) is 10.6. The zero-order valence-electron chi connectivity index (χ0n) is 26.8. The molecule has 39 heavy (non-hydrogen) atoms. The quantitative estimate of drug-likeness (QED) is 0.189. The van der Waals surface area contributed by atoms with Crippen molar-refractivity contribution in [3.8, 4) is 11.1 Å². The molecule has 0 bridgehead atoms. The Balaban J connectivity index is 0.000000194. The Labute approximate surface area is 257 Å². The summed E-state index contributed by atoms with van der Waals surface area (Å²) in [5.41, 5.74) is 10.2. The van der Waals surface area contributed by atoms with Crippen LogP contribution >= 0.6 is 0 Å². The van der Waals surface area contributed by atoms with Crippen molar-refractivity contribution in [2.75, 3.05) is 0 Å². The van der Waals surface area contributed by atoms with E-state index in [1.54, 1.807) is 32.6 Å². The van der Waals surface area contributed by atoms with Gasteiger partial charge in [-0.2, -0.15) is 35.4 Å². The third kappa shape index (κ3) is 8.94. The molecule has 0 spiro atoms. The first kappa shape index (κ1) is 32.4. The number of hydrogen-bond donors (Lipinski definition) is 0. The first-order chi connectivity index (χ1) is 18.0. The van der Waals surface area contributed by atoms with Gasteiger partial charge in [0.15, 0.2) is 0 Å². The molecule has 1 fully saturated rings. The van der Waals surface area contributed by atoms with Crippen molar-refractivity contribution in [3.05, 3.63) is 81.6 Å². The second kappa shape index (κ2) is 12.8. The van der Waals surface area contributed by atoms with Gasteiger partial charge in [0.25, 0.3) is 0 Å². The predicted molar refractivity (Wildman–Crippen MR) is 172 cm³/mol. The number of fused-ring (bicyclic) bond motifs is 3. The molecule has 0 saturated heterocycles. The van der Waals surface area contributed by atoms with Crippen molar-refractivity contribution in [1.29, 1.82) is 0 Å². The van der Waals surface area contributed by atoms with Crippen LogP contribution in [0.15, 0.2) is 47.2 Å². The first-order valence-corrected chi connectivity index (χ1v) is 19.8. The van der Waals surface area contributed by atoms with Gasteiger partial charge < -0.3 is 0 Å². The van der Waals surface area contributed by atoms with Crippen molar-refractivity contribution in [2.45, 2.75) is 124 Å². The van der Waals surface area contributed by atoms with Gasteiger partial charge >= 0.3 is 59.5 Å². The Bertz CT molecular complexity index is 1170. The molecular weight excluding hydrogens is 564 g/mol. The van der Waals surface area contributed by atoms with E-state index in [1.807, 2.05) is 0 Å². The minimum absolute atomic E-state index is 0.177. The molecule has 1 saturated carbocycles. The van der Waals surface area contributed by atoms with Crippen LogP contribution in [0.3, 0.4) is 0 Å². The van der Waals surface area contributed by atoms with E-state index in [2.05, 4.69) is 124 Å². The molecule has 0 radical (unpaired) electrons. The van der Waals surface area contributed by atoms with Gasteiger partial charge in [-0.05, 0) is 25.5 Å². The van der Waals surface area contributed by atoms with E-state index in [9.17, 15) is 0 Å². The van der Waals surface area contributed by atoms with Gasteiger partial charge in [-0.25, -0.2) is 10.8 Å². The van der Waals surface area contributed by atoms with Crippen LogP contribution < -0.4 is 0 Å². The fourth-order valence-corrected chi connectivity index (χ4v) is 8.43. The molecule has 2 aromatic carbocycles. The Hall–Kier alpha value is -1.11. The summed E-state index contributed by atoms with van der Waals surface area (Å²) in [6, 6.07) is 15.1. The second-order valence-corrected chi connectivity index (χ2v) is 21.7. The van der Waals surface area contributed by atoms with Crippen LogP contribution in [0.2, 0.25) is 19.6 Å². The van der Waals surface area contributed by atoms with E-state index in [0.29, 0.717) is 5.92 Å². The van der Waals surface area contributed by atoms with E-state index in [0.717, 1.165) is 6.42 Å². The van der Waals surface area contributed by atoms with Crippen molar-refractivity contribution in [1.82, 2.24) is 0 Å². The zero-order valence-corrected chi connectivity index (χ0v) is 30.2. The summed E-state index contributed by atoms with van der Waals surface area (Å²) >= 11 is 1.69. The molecule has 0 nitrogen and oxygen atoms in total. The first-order valence-electron chi connectivity index (χ1n) is 15.0. The molecule has 3 aliphatic carbocycles. The molecule has 0 heterocycles. The molecule has 3 aliphatic rings. The fraction of sp³-hybridized carbons (Fsp3) is 0.541. The van der Waals surface area contributed by atoms with Gasteiger partial charge in [-0.1, -0.05) is 116 Å². The number of hydrogen-bond acceptors (Lipinski definition) is 0.